The van der Waals surface area contributed by atoms with Crippen molar-refractivity contribution in [3.63, 3.8) is 0 Å². The highest BCUT2D eigenvalue weighted by Crippen LogP contribution is 2.17. The standard InChI is InChI=1S/C7H14N2O2/c8-4-6(10)7(11)9-5-2-1-3-5/h5-6,10H,1-4,8H2,(H,9,11). The molecule has 1 rings (SSSR count). The Balaban J connectivity index is 2.19. The topological polar surface area (TPSA) is 75.3 Å². The molecule has 0 saturated heterocycles. The second kappa shape index (κ2) is 3.69. The first kappa shape index (κ1) is 8.49. The van der Waals surface area contributed by atoms with E-state index in [0.29, 0.717) is 0 Å². The van der Waals surface area contributed by atoms with Crippen LogP contribution in [0.1, 0.15) is 19.3 Å². The fourth-order valence-electron chi connectivity index (χ4n) is 0.957. The Morgan fingerprint density at radius 1 is 1.73 bits per heavy atom. The van der Waals surface area contributed by atoms with Gasteiger partial charge in [-0.3, -0.25) is 4.79 Å². The molecule has 1 unspecified atom stereocenters. The number of carbonyl (C=O) groups is 1. The molecule has 0 heterocycles. The highest BCUT2D eigenvalue weighted by Gasteiger charge is 2.22. The van der Waals surface area contributed by atoms with E-state index in [1.807, 2.05) is 0 Å². The summed E-state index contributed by atoms with van der Waals surface area (Å²) in [5.41, 5.74) is 5.10. The van der Waals surface area contributed by atoms with Gasteiger partial charge in [0.1, 0.15) is 6.10 Å². The first-order valence-electron chi connectivity index (χ1n) is 3.92. The van der Waals surface area contributed by atoms with E-state index in [1.54, 1.807) is 0 Å². The van der Waals surface area contributed by atoms with Crippen LogP contribution < -0.4 is 11.1 Å². The monoisotopic (exact) mass is 158 g/mol. The van der Waals surface area contributed by atoms with E-state index in [9.17, 15) is 4.79 Å². The molecule has 1 aliphatic rings. The summed E-state index contributed by atoms with van der Waals surface area (Å²) in [6.45, 7) is -0.00144. The molecule has 4 nitrogen and oxygen atoms in total. The lowest BCUT2D eigenvalue weighted by Gasteiger charge is -2.27. The van der Waals surface area contributed by atoms with Gasteiger partial charge < -0.3 is 16.2 Å². The van der Waals surface area contributed by atoms with Crippen molar-refractivity contribution in [1.29, 1.82) is 0 Å². The Bertz CT molecular complexity index is 145. The number of carbonyl (C=O) groups excluding carboxylic acids is 1. The summed E-state index contributed by atoms with van der Waals surface area (Å²) in [6.07, 6.45) is 2.20. The third kappa shape index (κ3) is 2.17. The molecular weight excluding hydrogens is 144 g/mol. The molecular formula is C7H14N2O2. The van der Waals surface area contributed by atoms with Crippen LogP contribution >= 0.6 is 0 Å². The van der Waals surface area contributed by atoms with Crippen LogP contribution in [0.2, 0.25) is 0 Å². The third-order valence-electron chi connectivity index (χ3n) is 1.98. The molecule has 1 atom stereocenters. The summed E-state index contributed by atoms with van der Waals surface area (Å²) in [5, 5.41) is 11.7. The van der Waals surface area contributed by atoms with Crippen LogP contribution in [-0.4, -0.2) is 29.7 Å². The van der Waals surface area contributed by atoms with Gasteiger partial charge in [0.15, 0.2) is 0 Å². The van der Waals surface area contributed by atoms with E-state index in [-0.39, 0.29) is 18.5 Å². The fourth-order valence-corrected chi connectivity index (χ4v) is 0.957. The van der Waals surface area contributed by atoms with E-state index in [4.69, 9.17) is 10.8 Å². The zero-order valence-electron chi connectivity index (χ0n) is 6.42. The van der Waals surface area contributed by atoms with Crippen LogP contribution in [0.25, 0.3) is 0 Å². The van der Waals surface area contributed by atoms with Crippen molar-refractivity contribution in [2.45, 2.75) is 31.4 Å². The van der Waals surface area contributed by atoms with E-state index in [0.717, 1.165) is 12.8 Å². The molecule has 64 valence electrons. The Hall–Kier alpha value is -0.610. The van der Waals surface area contributed by atoms with Crippen LogP contribution in [0.5, 0.6) is 0 Å². The SMILES string of the molecule is NCC(O)C(=O)NC1CCC1. The van der Waals surface area contributed by atoms with Crippen LogP contribution in [-0.2, 0) is 4.79 Å². The number of aliphatic hydroxyl groups excluding tert-OH is 1. The molecule has 4 N–H and O–H groups in total. The molecule has 1 aliphatic carbocycles. The second-order valence-electron chi connectivity index (χ2n) is 2.89. The summed E-state index contributed by atoms with van der Waals surface area (Å²) < 4.78 is 0. The lowest BCUT2D eigenvalue weighted by atomic mass is 9.93. The van der Waals surface area contributed by atoms with Gasteiger partial charge in [0.05, 0.1) is 0 Å². The van der Waals surface area contributed by atoms with Gasteiger partial charge in [-0.05, 0) is 19.3 Å². The predicted molar refractivity (Wildman–Crippen MR) is 40.8 cm³/mol. The summed E-state index contributed by atoms with van der Waals surface area (Å²) in [7, 11) is 0. The minimum Gasteiger partial charge on any atom is -0.382 e. The predicted octanol–water partition coefficient (Wildman–Crippen LogP) is -1.03. The molecule has 0 bridgehead atoms. The van der Waals surface area contributed by atoms with Gasteiger partial charge in [-0.15, -0.1) is 0 Å². The van der Waals surface area contributed by atoms with Crippen molar-refractivity contribution in [3.8, 4) is 0 Å². The van der Waals surface area contributed by atoms with Gasteiger partial charge >= 0.3 is 0 Å². The number of hydrogen-bond acceptors (Lipinski definition) is 3. The largest absolute Gasteiger partial charge is 0.382 e. The highest BCUT2D eigenvalue weighted by atomic mass is 16.3. The average molecular weight is 158 g/mol. The van der Waals surface area contributed by atoms with E-state index < -0.39 is 6.10 Å². The maximum absolute atomic E-state index is 10.9. The summed E-state index contributed by atoms with van der Waals surface area (Å²) in [6, 6.07) is 0.281. The summed E-state index contributed by atoms with van der Waals surface area (Å²) >= 11 is 0. The number of rotatable bonds is 3. The molecule has 0 spiro atoms. The lowest BCUT2D eigenvalue weighted by molar-refractivity contribution is -0.130. The molecule has 0 aromatic heterocycles. The smallest absolute Gasteiger partial charge is 0.250 e. The molecule has 0 aromatic carbocycles. The maximum Gasteiger partial charge on any atom is 0.250 e. The van der Waals surface area contributed by atoms with Crippen molar-refractivity contribution in [1.82, 2.24) is 5.32 Å². The third-order valence-corrected chi connectivity index (χ3v) is 1.98. The van der Waals surface area contributed by atoms with Crippen LogP contribution in [0.3, 0.4) is 0 Å². The van der Waals surface area contributed by atoms with E-state index in [2.05, 4.69) is 5.32 Å². The van der Waals surface area contributed by atoms with Crippen LogP contribution in [0.15, 0.2) is 0 Å². The van der Waals surface area contributed by atoms with Crippen molar-refractivity contribution < 1.29 is 9.90 Å². The normalized spacial score (nSPS) is 20.5. The lowest BCUT2D eigenvalue weighted by Crippen LogP contribution is -2.46. The van der Waals surface area contributed by atoms with E-state index >= 15 is 0 Å². The van der Waals surface area contributed by atoms with Gasteiger partial charge in [-0.2, -0.15) is 0 Å². The molecule has 0 radical (unpaired) electrons. The molecule has 4 heteroatoms. The number of amides is 1. The molecule has 1 fully saturated rings. The first-order chi connectivity index (χ1) is 5.24. The Labute approximate surface area is 65.8 Å². The number of aliphatic hydroxyl groups is 1. The molecule has 0 aromatic rings. The summed E-state index contributed by atoms with van der Waals surface area (Å²) in [4.78, 5) is 10.9. The average Bonchev–Trinajstić information content (AvgIpc) is 1.94. The fraction of sp³-hybridized carbons (Fsp3) is 0.857. The number of nitrogens with two attached hydrogens (primary N) is 1. The second-order valence-corrected chi connectivity index (χ2v) is 2.89. The summed E-state index contributed by atoms with van der Waals surface area (Å²) in [5.74, 6) is -0.336. The zero-order chi connectivity index (χ0) is 8.27. The zero-order valence-corrected chi connectivity index (χ0v) is 6.42. The number of hydrogen-bond donors (Lipinski definition) is 3. The number of nitrogens with one attached hydrogen (secondary N) is 1. The molecule has 1 amide bonds. The Morgan fingerprint density at radius 3 is 2.73 bits per heavy atom. The minimum absolute atomic E-state index is 0.00144. The van der Waals surface area contributed by atoms with Gasteiger partial charge in [-0.25, -0.2) is 0 Å². The maximum atomic E-state index is 10.9. The Morgan fingerprint density at radius 2 is 2.36 bits per heavy atom. The van der Waals surface area contributed by atoms with Gasteiger partial charge in [0, 0.05) is 12.6 Å². The molecule has 11 heavy (non-hydrogen) atoms. The Kier molecular flexibility index (Phi) is 2.84. The van der Waals surface area contributed by atoms with Gasteiger partial charge in [0.2, 0.25) is 5.91 Å². The molecule has 1 saturated carbocycles. The van der Waals surface area contributed by atoms with E-state index in [1.165, 1.54) is 6.42 Å². The van der Waals surface area contributed by atoms with Crippen molar-refractivity contribution >= 4 is 5.91 Å². The quantitative estimate of drug-likeness (QED) is 0.492. The van der Waals surface area contributed by atoms with Crippen molar-refractivity contribution in [2.75, 3.05) is 6.54 Å². The first-order valence-corrected chi connectivity index (χ1v) is 3.92. The van der Waals surface area contributed by atoms with Crippen LogP contribution in [0, 0.1) is 0 Å². The van der Waals surface area contributed by atoms with Gasteiger partial charge in [-0.1, -0.05) is 0 Å². The van der Waals surface area contributed by atoms with Gasteiger partial charge in [0.25, 0.3) is 0 Å². The minimum atomic E-state index is -1.03. The van der Waals surface area contributed by atoms with Crippen molar-refractivity contribution in [2.24, 2.45) is 5.73 Å². The van der Waals surface area contributed by atoms with Crippen molar-refractivity contribution in [3.05, 3.63) is 0 Å². The van der Waals surface area contributed by atoms with Crippen LogP contribution in [0.4, 0.5) is 0 Å². The molecule has 0 aliphatic heterocycles. The highest BCUT2D eigenvalue weighted by molar-refractivity contribution is 5.81.